The summed E-state index contributed by atoms with van der Waals surface area (Å²) < 4.78 is 38.4. The minimum absolute atomic E-state index is 0.263. The summed E-state index contributed by atoms with van der Waals surface area (Å²) in [6, 6.07) is 9.67. The Bertz CT molecular complexity index is 975. The Labute approximate surface area is 181 Å². The molecular weight excluding hydrogens is 401 g/mol. The van der Waals surface area contributed by atoms with Crippen LogP contribution in [-0.4, -0.2) is 18.5 Å². The predicted molar refractivity (Wildman–Crippen MR) is 120 cm³/mol. The van der Waals surface area contributed by atoms with Crippen LogP contribution in [0.1, 0.15) is 22.3 Å². The first kappa shape index (κ1) is 24.2. The lowest BCUT2D eigenvalue weighted by Crippen LogP contribution is -2.45. The van der Waals surface area contributed by atoms with Gasteiger partial charge >= 0.3 is 6.18 Å². The maximum Gasteiger partial charge on any atom is 0.416 e. The van der Waals surface area contributed by atoms with Crippen molar-refractivity contribution in [2.75, 3.05) is 11.4 Å². The van der Waals surface area contributed by atoms with Crippen molar-refractivity contribution >= 4 is 11.6 Å². The maximum atomic E-state index is 13.3. The summed E-state index contributed by atoms with van der Waals surface area (Å²) >= 11 is 0. The maximum absolute atomic E-state index is 13.3. The summed E-state index contributed by atoms with van der Waals surface area (Å²) in [4.78, 5) is 14.8. The lowest BCUT2D eigenvalue weighted by Gasteiger charge is -2.27. The highest BCUT2D eigenvalue weighted by Crippen LogP contribution is 2.29. The topological polar surface area (TPSA) is 46.3 Å². The van der Waals surface area contributed by atoms with E-state index < -0.39 is 17.8 Å². The average Bonchev–Trinajstić information content (AvgIpc) is 2.73. The fraction of sp³-hybridized carbons (Fsp3) is 0.240. The molecule has 0 aromatic heterocycles. The van der Waals surface area contributed by atoms with Crippen LogP contribution >= 0.6 is 0 Å². The summed E-state index contributed by atoms with van der Waals surface area (Å²) in [6.45, 7) is 11.5. The van der Waals surface area contributed by atoms with E-state index in [9.17, 15) is 18.0 Å². The molecule has 3 nitrogen and oxygen atoms in total. The van der Waals surface area contributed by atoms with Crippen molar-refractivity contribution in [2.45, 2.75) is 32.5 Å². The molecule has 0 aliphatic rings. The quantitative estimate of drug-likeness (QED) is 0.563. The first-order valence-corrected chi connectivity index (χ1v) is 9.84. The Hall–Kier alpha value is -3.12. The summed E-state index contributed by atoms with van der Waals surface area (Å²) in [5.74, 6) is -0.330. The van der Waals surface area contributed by atoms with Crippen LogP contribution in [0.15, 0.2) is 79.4 Å². The number of benzene rings is 2. The lowest BCUT2D eigenvalue weighted by atomic mass is 10.0. The molecule has 2 rings (SSSR count). The van der Waals surface area contributed by atoms with Crippen molar-refractivity contribution in [2.24, 2.45) is 5.73 Å². The van der Waals surface area contributed by atoms with Crippen molar-refractivity contribution in [3.63, 3.8) is 0 Å². The summed E-state index contributed by atoms with van der Waals surface area (Å²) in [6.07, 6.45) is 0.665. The number of nitrogens with zero attached hydrogens (tertiary/aromatic N) is 1. The molecule has 0 spiro atoms. The molecule has 0 aliphatic heterocycles. The van der Waals surface area contributed by atoms with Crippen LogP contribution in [0.5, 0.6) is 0 Å². The van der Waals surface area contributed by atoms with E-state index in [1.54, 1.807) is 11.0 Å². The van der Waals surface area contributed by atoms with E-state index in [0.717, 1.165) is 23.3 Å². The van der Waals surface area contributed by atoms with Gasteiger partial charge in [0.2, 0.25) is 5.91 Å². The van der Waals surface area contributed by atoms with Crippen LogP contribution < -0.4 is 10.6 Å². The molecule has 0 heterocycles. The highest BCUT2D eigenvalue weighted by atomic mass is 19.4. The SMILES string of the molecule is C=C/C=C(\C=C)C(N)C(=O)N(CCc1ccc(C(F)(F)F)cc1)c1ccc(C)c(C)c1. The number of hydrogen-bond donors (Lipinski definition) is 1. The molecule has 31 heavy (non-hydrogen) atoms. The Morgan fingerprint density at radius 2 is 1.74 bits per heavy atom. The van der Waals surface area contributed by atoms with Gasteiger partial charge in [0.1, 0.15) is 6.04 Å². The number of amides is 1. The number of hydrogen-bond acceptors (Lipinski definition) is 2. The van der Waals surface area contributed by atoms with Gasteiger partial charge in [-0.3, -0.25) is 4.79 Å². The van der Waals surface area contributed by atoms with E-state index in [1.807, 2.05) is 32.0 Å². The summed E-state index contributed by atoms with van der Waals surface area (Å²) in [5.41, 5.74) is 9.49. The molecule has 0 saturated carbocycles. The molecular formula is C25H27F3N2O. The van der Waals surface area contributed by atoms with E-state index >= 15 is 0 Å². The van der Waals surface area contributed by atoms with E-state index in [-0.39, 0.29) is 12.5 Å². The molecule has 1 unspecified atom stereocenters. The monoisotopic (exact) mass is 428 g/mol. The Morgan fingerprint density at radius 3 is 2.26 bits per heavy atom. The Balaban J connectivity index is 2.32. The molecule has 2 aromatic rings. The van der Waals surface area contributed by atoms with Crippen LogP contribution in [0.3, 0.4) is 0 Å². The molecule has 164 valence electrons. The van der Waals surface area contributed by atoms with Crippen molar-refractivity contribution in [3.05, 3.63) is 102 Å². The zero-order valence-electron chi connectivity index (χ0n) is 17.7. The molecule has 6 heteroatoms. The molecule has 2 N–H and O–H groups in total. The second-order valence-corrected chi connectivity index (χ2v) is 7.29. The van der Waals surface area contributed by atoms with E-state index in [2.05, 4.69) is 13.2 Å². The van der Waals surface area contributed by atoms with Gasteiger partial charge in [-0.15, -0.1) is 0 Å². The third-order valence-corrected chi connectivity index (χ3v) is 5.14. The minimum Gasteiger partial charge on any atom is -0.316 e. The number of nitrogens with two attached hydrogens (primary N) is 1. The predicted octanol–water partition coefficient (Wildman–Crippen LogP) is 5.52. The van der Waals surface area contributed by atoms with Crippen LogP contribution in [-0.2, 0) is 17.4 Å². The Morgan fingerprint density at radius 1 is 1.10 bits per heavy atom. The number of carbonyl (C=O) groups excluding carboxylic acids is 1. The third kappa shape index (κ3) is 6.18. The van der Waals surface area contributed by atoms with Crippen molar-refractivity contribution < 1.29 is 18.0 Å². The minimum atomic E-state index is -4.38. The number of halogens is 3. The molecule has 1 atom stereocenters. The summed E-state index contributed by atoms with van der Waals surface area (Å²) in [7, 11) is 0. The highest BCUT2D eigenvalue weighted by Gasteiger charge is 2.30. The molecule has 0 aliphatic carbocycles. The smallest absolute Gasteiger partial charge is 0.316 e. The van der Waals surface area contributed by atoms with Crippen LogP contribution in [0.2, 0.25) is 0 Å². The van der Waals surface area contributed by atoms with Crippen LogP contribution in [0.4, 0.5) is 18.9 Å². The van der Waals surface area contributed by atoms with Gasteiger partial charge in [-0.1, -0.05) is 49.6 Å². The van der Waals surface area contributed by atoms with Crippen LogP contribution in [0.25, 0.3) is 0 Å². The first-order valence-electron chi connectivity index (χ1n) is 9.84. The van der Waals surface area contributed by atoms with Gasteiger partial charge in [-0.25, -0.2) is 0 Å². The van der Waals surface area contributed by atoms with Crippen molar-refractivity contribution in [1.29, 1.82) is 0 Å². The standard InChI is InChI=1S/C25H27F3N2O/c1-5-7-20(6-2)23(29)24(31)30(22-13-8-17(3)18(4)16-22)15-14-19-9-11-21(12-10-19)25(26,27)28/h5-13,16,23H,1-2,14-15,29H2,3-4H3/b20-7+. The molecule has 0 radical (unpaired) electrons. The normalized spacial score (nSPS) is 12.9. The zero-order valence-corrected chi connectivity index (χ0v) is 17.7. The number of aryl methyl sites for hydroxylation is 2. The van der Waals surface area contributed by atoms with Gasteiger partial charge < -0.3 is 10.6 Å². The molecule has 0 saturated heterocycles. The number of allylic oxidation sites excluding steroid dienone is 2. The van der Waals surface area contributed by atoms with E-state index in [4.69, 9.17) is 5.73 Å². The molecule has 0 fully saturated rings. The van der Waals surface area contributed by atoms with E-state index in [1.165, 1.54) is 24.3 Å². The van der Waals surface area contributed by atoms with Gasteiger partial charge in [0.05, 0.1) is 5.56 Å². The zero-order chi connectivity index (χ0) is 23.2. The van der Waals surface area contributed by atoms with Crippen molar-refractivity contribution in [3.8, 4) is 0 Å². The van der Waals surface area contributed by atoms with Gasteiger partial charge in [0.15, 0.2) is 0 Å². The largest absolute Gasteiger partial charge is 0.416 e. The number of carbonyl (C=O) groups is 1. The molecule has 0 bridgehead atoms. The lowest BCUT2D eigenvalue weighted by molar-refractivity contribution is -0.137. The van der Waals surface area contributed by atoms with Gasteiger partial charge in [0.25, 0.3) is 0 Å². The molecule has 1 amide bonds. The van der Waals surface area contributed by atoms with Gasteiger partial charge in [-0.05, 0) is 66.8 Å². The second kappa shape index (κ2) is 10.3. The second-order valence-electron chi connectivity index (χ2n) is 7.29. The van der Waals surface area contributed by atoms with Crippen molar-refractivity contribution in [1.82, 2.24) is 0 Å². The first-order chi connectivity index (χ1) is 14.6. The van der Waals surface area contributed by atoms with Crippen LogP contribution in [0, 0.1) is 13.8 Å². The van der Waals surface area contributed by atoms with Gasteiger partial charge in [0, 0.05) is 12.2 Å². The number of alkyl halides is 3. The average molecular weight is 428 g/mol. The third-order valence-electron chi connectivity index (χ3n) is 5.14. The fourth-order valence-corrected chi connectivity index (χ4v) is 3.11. The number of anilines is 1. The number of rotatable bonds is 8. The molecule has 2 aromatic carbocycles. The van der Waals surface area contributed by atoms with E-state index in [0.29, 0.717) is 23.2 Å². The highest BCUT2D eigenvalue weighted by molar-refractivity contribution is 5.99. The Kier molecular flexibility index (Phi) is 8.00. The summed E-state index contributed by atoms with van der Waals surface area (Å²) in [5, 5.41) is 0. The van der Waals surface area contributed by atoms with Gasteiger partial charge in [-0.2, -0.15) is 13.2 Å². The fourth-order valence-electron chi connectivity index (χ4n) is 3.11.